The highest BCUT2D eigenvalue weighted by atomic mass is 32.2. The number of nitrogens with one attached hydrogen (secondary N) is 1. The molecule has 0 aliphatic rings. The topological polar surface area (TPSA) is 55.4 Å². The van der Waals surface area contributed by atoms with Crippen molar-refractivity contribution in [2.75, 3.05) is 4.72 Å². The van der Waals surface area contributed by atoms with Gasteiger partial charge < -0.3 is 4.74 Å². The van der Waals surface area contributed by atoms with E-state index < -0.39 is 16.6 Å². The van der Waals surface area contributed by atoms with Crippen LogP contribution < -0.4 is 9.46 Å². The maximum Gasteiger partial charge on any atom is 0.387 e. The van der Waals surface area contributed by atoms with Gasteiger partial charge in [0.05, 0.1) is 10.6 Å². The van der Waals surface area contributed by atoms with Crippen molar-refractivity contribution in [1.82, 2.24) is 0 Å². The molecule has 7 heteroatoms. The lowest BCUT2D eigenvalue weighted by atomic mass is 10.2. The molecule has 0 aliphatic carbocycles. The van der Waals surface area contributed by atoms with Gasteiger partial charge in [-0.15, -0.1) is 0 Å². The third kappa shape index (κ3) is 3.94. The molecule has 0 heterocycles. The number of sulfonamides is 1. The maximum atomic E-state index is 12.3. The monoisotopic (exact) mass is 327 g/mol. The van der Waals surface area contributed by atoms with Gasteiger partial charge >= 0.3 is 6.61 Å². The van der Waals surface area contributed by atoms with Crippen LogP contribution >= 0.6 is 0 Å². The number of aryl methyl sites for hydroxylation is 2. The summed E-state index contributed by atoms with van der Waals surface area (Å²) in [5, 5.41) is 0. The maximum absolute atomic E-state index is 12.3. The van der Waals surface area contributed by atoms with E-state index in [1.54, 1.807) is 19.1 Å². The first-order valence-corrected chi connectivity index (χ1v) is 7.91. The van der Waals surface area contributed by atoms with Crippen LogP contribution in [-0.4, -0.2) is 15.0 Å². The highest BCUT2D eigenvalue weighted by Gasteiger charge is 2.15. The number of benzene rings is 2. The number of hydrogen-bond acceptors (Lipinski definition) is 3. The van der Waals surface area contributed by atoms with Crippen LogP contribution in [0.2, 0.25) is 0 Å². The summed E-state index contributed by atoms with van der Waals surface area (Å²) in [6, 6.07) is 10.4. The van der Waals surface area contributed by atoms with Crippen LogP contribution in [0.15, 0.2) is 47.4 Å². The summed E-state index contributed by atoms with van der Waals surface area (Å²) in [5.74, 6) is -0.0224. The lowest BCUT2D eigenvalue weighted by Gasteiger charge is -2.12. The Labute approximate surface area is 127 Å². The molecule has 0 radical (unpaired) electrons. The average Bonchev–Trinajstić information content (AvgIpc) is 2.41. The predicted octanol–water partition coefficient (Wildman–Crippen LogP) is 3.71. The van der Waals surface area contributed by atoms with Crippen LogP contribution in [0.5, 0.6) is 5.75 Å². The summed E-state index contributed by atoms with van der Waals surface area (Å²) < 4.78 is 55.5. The highest BCUT2D eigenvalue weighted by Crippen LogP contribution is 2.25. The minimum absolute atomic E-state index is 0.0224. The molecule has 1 N–H and O–H groups in total. The van der Waals surface area contributed by atoms with Crippen molar-refractivity contribution >= 4 is 15.7 Å². The Morgan fingerprint density at radius 1 is 1.05 bits per heavy atom. The Morgan fingerprint density at radius 3 is 2.23 bits per heavy atom. The Kier molecular flexibility index (Phi) is 4.65. The molecule has 0 unspecified atom stereocenters. The molecular weight excluding hydrogens is 312 g/mol. The third-order valence-corrected chi connectivity index (χ3v) is 4.38. The second-order valence-corrected chi connectivity index (χ2v) is 6.46. The SMILES string of the molecule is Cc1ccc(S(=O)(=O)Nc2ccc(OC(F)F)cc2C)cc1. The summed E-state index contributed by atoms with van der Waals surface area (Å²) in [7, 11) is -3.73. The molecule has 0 aliphatic heterocycles. The Balaban J connectivity index is 2.24. The van der Waals surface area contributed by atoms with E-state index in [1.165, 1.54) is 30.3 Å². The lowest BCUT2D eigenvalue weighted by Crippen LogP contribution is -2.14. The van der Waals surface area contributed by atoms with Gasteiger partial charge in [0.15, 0.2) is 0 Å². The molecule has 0 saturated heterocycles. The first-order valence-electron chi connectivity index (χ1n) is 6.43. The Bertz CT molecular complexity index is 759. The largest absolute Gasteiger partial charge is 0.435 e. The van der Waals surface area contributed by atoms with E-state index >= 15 is 0 Å². The molecule has 0 saturated carbocycles. The van der Waals surface area contributed by atoms with Crippen molar-refractivity contribution in [2.45, 2.75) is 25.4 Å². The molecular formula is C15H15F2NO3S. The van der Waals surface area contributed by atoms with Crippen LogP contribution in [0.4, 0.5) is 14.5 Å². The van der Waals surface area contributed by atoms with E-state index in [2.05, 4.69) is 9.46 Å². The van der Waals surface area contributed by atoms with E-state index in [0.29, 0.717) is 11.3 Å². The molecule has 0 bridgehead atoms. The summed E-state index contributed by atoms with van der Waals surface area (Å²) in [6.07, 6.45) is 0. The lowest BCUT2D eigenvalue weighted by molar-refractivity contribution is -0.0498. The number of ether oxygens (including phenoxy) is 1. The van der Waals surface area contributed by atoms with Crippen molar-refractivity contribution < 1.29 is 21.9 Å². The molecule has 0 amide bonds. The van der Waals surface area contributed by atoms with Gasteiger partial charge in [0.1, 0.15) is 5.75 Å². The minimum atomic E-state index is -3.73. The molecule has 2 aromatic carbocycles. The fourth-order valence-electron chi connectivity index (χ4n) is 1.85. The van der Waals surface area contributed by atoms with Gasteiger partial charge in [0.25, 0.3) is 10.0 Å². The fraction of sp³-hybridized carbons (Fsp3) is 0.200. The summed E-state index contributed by atoms with van der Waals surface area (Å²) in [6.45, 7) is 0.538. The van der Waals surface area contributed by atoms with Crippen molar-refractivity contribution in [2.24, 2.45) is 0 Å². The molecule has 0 aromatic heterocycles. The molecule has 0 spiro atoms. The molecule has 0 fully saturated rings. The van der Waals surface area contributed by atoms with E-state index in [-0.39, 0.29) is 10.6 Å². The zero-order valence-electron chi connectivity index (χ0n) is 12.0. The van der Waals surface area contributed by atoms with Crippen LogP contribution in [-0.2, 0) is 10.0 Å². The first-order chi connectivity index (χ1) is 10.3. The van der Waals surface area contributed by atoms with Crippen LogP contribution in [0.3, 0.4) is 0 Å². The van der Waals surface area contributed by atoms with E-state index in [9.17, 15) is 17.2 Å². The van der Waals surface area contributed by atoms with Gasteiger partial charge in [-0.2, -0.15) is 8.78 Å². The molecule has 2 aromatic rings. The summed E-state index contributed by atoms with van der Waals surface area (Å²) >= 11 is 0. The van der Waals surface area contributed by atoms with Crippen molar-refractivity contribution in [3.05, 3.63) is 53.6 Å². The van der Waals surface area contributed by atoms with Crippen LogP contribution in [0.1, 0.15) is 11.1 Å². The van der Waals surface area contributed by atoms with Crippen molar-refractivity contribution in [1.29, 1.82) is 0 Å². The van der Waals surface area contributed by atoms with E-state index in [0.717, 1.165) is 5.56 Å². The number of rotatable bonds is 5. The molecule has 4 nitrogen and oxygen atoms in total. The average molecular weight is 327 g/mol. The number of halogens is 2. The van der Waals surface area contributed by atoms with Gasteiger partial charge in [-0.25, -0.2) is 8.42 Å². The van der Waals surface area contributed by atoms with E-state index in [4.69, 9.17) is 0 Å². The molecule has 2 rings (SSSR count). The molecule has 118 valence electrons. The second kappa shape index (κ2) is 6.31. The number of alkyl halides is 2. The van der Waals surface area contributed by atoms with Gasteiger partial charge in [0, 0.05) is 0 Å². The third-order valence-electron chi connectivity index (χ3n) is 3.00. The van der Waals surface area contributed by atoms with Crippen LogP contribution in [0.25, 0.3) is 0 Å². The van der Waals surface area contributed by atoms with Gasteiger partial charge in [-0.05, 0) is 49.7 Å². The predicted molar refractivity (Wildman–Crippen MR) is 79.8 cm³/mol. The normalized spacial score (nSPS) is 11.5. The smallest absolute Gasteiger partial charge is 0.387 e. The Morgan fingerprint density at radius 2 is 1.68 bits per heavy atom. The Hall–Kier alpha value is -2.15. The molecule has 22 heavy (non-hydrogen) atoms. The van der Waals surface area contributed by atoms with Gasteiger partial charge in [-0.1, -0.05) is 17.7 Å². The van der Waals surface area contributed by atoms with Gasteiger partial charge in [0.2, 0.25) is 0 Å². The summed E-state index contributed by atoms with van der Waals surface area (Å²) in [5.41, 5.74) is 1.74. The zero-order valence-corrected chi connectivity index (χ0v) is 12.8. The standard InChI is InChI=1S/C15H15F2NO3S/c1-10-3-6-13(7-4-10)22(19,20)18-14-8-5-12(9-11(14)2)21-15(16)17/h3-9,15,18H,1-2H3. The van der Waals surface area contributed by atoms with E-state index in [1.807, 2.05) is 6.92 Å². The number of hydrogen-bond donors (Lipinski definition) is 1. The minimum Gasteiger partial charge on any atom is -0.435 e. The molecule has 0 atom stereocenters. The zero-order chi connectivity index (χ0) is 16.3. The van der Waals surface area contributed by atoms with Gasteiger partial charge in [-0.3, -0.25) is 4.72 Å². The van der Waals surface area contributed by atoms with Crippen molar-refractivity contribution in [3.8, 4) is 5.75 Å². The highest BCUT2D eigenvalue weighted by molar-refractivity contribution is 7.92. The second-order valence-electron chi connectivity index (χ2n) is 4.77. The van der Waals surface area contributed by atoms with Crippen molar-refractivity contribution in [3.63, 3.8) is 0 Å². The van der Waals surface area contributed by atoms with Crippen LogP contribution in [0, 0.1) is 13.8 Å². The number of anilines is 1. The summed E-state index contributed by atoms with van der Waals surface area (Å²) in [4.78, 5) is 0.130. The first kappa shape index (κ1) is 16.2. The quantitative estimate of drug-likeness (QED) is 0.911. The fourth-order valence-corrected chi connectivity index (χ4v) is 2.98.